The Morgan fingerprint density at radius 2 is 2.15 bits per heavy atom. The molecule has 0 spiro atoms. The van der Waals surface area contributed by atoms with E-state index in [0.717, 1.165) is 0 Å². The van der Waals surface area contributed by atoms with Gasteiger partial charge in [0, 0.05) is 6.20 Å². The van der Waals surface area contributed by atoms with Crippen LogP contribution in [-0.2, 0) is 10.3 Å². The second-order valence-corrected chi connectivity index (χ2v) is 4.97. The van der Waals surface area contributed by atoms with E-state index in [1.54, 1.807) is 0 Å². The monoisotopic (exact) mass is 297 g/mol. The number of anilines is 1. The Hall–Kier alpha value is -2.28. The van der Waals surface area contributed by atoms with Gasteiger partial charge in [0.15, 0.2) is 16.5 Å². The number of carbonyl (C=O) groups is 2. The van der Waals surface area contributed by atoms with E-state index in [4.69, 9.17) is 21.1 Å². The average Bonchev–Trinajstić information content (AvgIpc) is 2.98. The van der Waals surface area contributed by atoms with Gasteiger partial charge in [0.25, 0.3) is 5.91 Å². The molecule has 0 saturated carbocycles. The molecule has 20 heavy (non-hydrogen) atoms. The van der Waals surface area contributed by atoms with Crippen molar-refractivity contribution in [1.82, 2.24) is 9.78 Å². The van der Waals surface area contributed by atoms with Crippen molar-refractivity contribution in [2.45, 2.75) is 19.4 Å². The van der Waals surface area contributed by atoms with Crippen LogP contribution >= 0.6 is 11.6 Å². The molecule has 2 N–H and O–H groups in total. The van der Waals surface area contributed by atoms with Crippen molar-refractivity contribution in [2.24, 2.45) is 0 Å². The molecule has 2 rings (SSSR count). The molecule has 0 bridgehead atoms. The molecule has 0 aliphatic carbocycles. The van der Waals surface area contributed by atoms with Crippen molar-refractivity contribution in [2.75, 3.05) is 5.32 Å². The van der Waals surface area contributed by atoms with Crippen LogP contribution in [0.5, 0.6) is 0 Å². The van der Waals surface area contributed by atoms with Gasteiger partial charge in [0.2, 0.25) is 0 Å². The summed E-state index contributed by atoms with van der Waals surface area (Å²) in [6.07, 6.45) is 2.78. The molecule has 0 aliphatic heterocycles. The molecule has 2 aromatic heterocycles. The fourth-order valence-electron chi connectivity index (χ4n) is 1.42. The third kappa shape index (κ3) is 2.67. The summed E-state index contributed by atoms with van der Waals surface area (Å²) >= 11 is 5.58. The molecule has 0 fully saturated rings. The van der Waals surface area contributed by atoms with Crippen LogP contribution in [0.3, 0.4) is 0 Å². The topological polar surface area (TPSA) is 97.4 Å². The lowest BCUT2D eigenvalue weighted by Crippen LogP contribution is -2.35. The number of rotatable bonds is 4. The number of carboxylic acid groups (broad SMARTS) is 1. The Balaban J connectivity index is 2.14. The normalized spacial score (nSPS) is 11.3. The van der Waals surface area contributed by atoms with Crippen LogP contribution in [0.2, 0.25) is 5.22 Å². The van der Waals surface area contributed by atoms with Gasteiger partial charge >= 0.3 is 5.97 Å². The van der Waals surface area contributed by atoms with Crippen molar-refractivity contribution in [3.63, 3.8) is 0 Å². The lowest BCUT2D eigenvalue weighted by atomic mass is 10.1. The molecule has 8 heteroatoms. The lowest BCUT2D eigenvalue weighted by molar-refractivity contribution is -0.146. The summed E-state index contributed by atoms with van der Waals surface area (Å²) in [4.78, 5) is 22.9. The number of carboxylic acids is 1. The Morgan fingerprint density at radius 1 is 1.45 bits per heavy atom. The number of hydrogen-bond donors (Lipinski definition) is 2. The molecule has 0 unspecified atom stereocenters. The molecule has 0 atom stereocenters. The minimum absolute atomic E-state index is 0.0558. The highest BCUT2D eigenvalue weighted by Gasteiger charge is 2.30. The smallest absolute Gasteiger partial charge is 0.331 e. The second-order valence-electron chi connectivity index (χ2n) is 4.60. The van der Waals surface area contributed by atoms with Crippen LogP contribution in [0.1, 0.15) is 24.4 Å². The lowest BCUT2D eigenvalue weighted by Gasteiger charge is -2.19. The number of aromatic nitrogens is 2. The predicted octanol–water partition coefficient (Wildman–Crippen LogP) is 2.20. The summed E-state index contributed by atoms with van der Waals surface area (Å²) in [5.41, 5.74) is -0.853. The van der Waals surface area contributed by atoms with Gasteiger partial charge in [-0.3, -0.25) is 9.48 Å². The zero-order chi connectivity index (χ0) is 14.9. The largest absolute Gasteiger partial charge is 0.479 e. The standard InChI is InChI=1S/C12H12ClN3O4/c1-12(2,11(18)19)16-6-7(5-14-16)15-10(17)8-3-4-9(13)20-8/h3-6H,1-2H3,(H,15,17)(H,18,19). The quantitative estimate of drug-likeness (QED) is 0.901. The fourth-order valence-corrected chi connectivity index (χ4v) is 1.57. The van der Waals surface area contributed by atoms with Gasteiger partial charge in [-0.2, -0.15) is 5.10 Å². The Labute approximate surface area is 119 Å². The molecule has 0 aromatic carbocycles. The first kappa shape index (κ1) is 14.1. The number of amides is 1. The number of hydrogen-bond acceptors (Lipinski definition) is 4. The van der Waals surface area contributed by atoms with Gasteiger partial charge in [-0.25, -0.2) is 4.79 Å². The second kappa shape index (κ2) is 5.01. The van der Waals surface area contributed by atoms with E-state index < -0.39 is 17.4 Å². The highest BCUT2D eigenvalue weighted by Crippen LogP contribution is 2.19. The van der Waals surface area contributed by atoms with Crippen LogP contribution in [0.4, 0.5) is 5.69 Å². The number of furan rings is 1. The molecule has 2 heterocycles. The Morgan fingerprint density at radius 3 is 2.70 bits per heavy atom. The maximum absolute atomic E-state index is 11.8. The van der Waals surface area contributed by atoms with Crippen LogP contribution in [0, 0.1) is 0 Å². The van der Waals surface area contributed by atoms with Crippen molar-refractivity contribution in [3.8, 4) is 0 Å². The molecule has 7 nitrogen and oxygen atoms in total. The molecule has 1 amide bonds. The van der Waals surface area contributed by atoms with Gasteiger partial charge in [-0.15, -0.1) is 0 Å². The van der Waals surface area contributed by atoms with Crippen LogP contribution < -0.4 is 5.32 Å². The number of carbonyl (C=O) groups excluding carboxylic acids is 1. The first-order valence-corrected chi connectivity index (χ1v) is 6.04. The summed E-state index contributed by atoms with van der Waals surface area (Å²) in [7, 11) is 0. The molecule has 0 aliphatic rings. The fraction of sp³-hybridized carbons (Fsp3) is 0.250. The van der Waals surface area contributed by atoms with E-state index in [1.165, 1.54) is 43.1 Å². The Bertz CT molecular complexity index is 659. The van der Waals surface area contributed by atoms with Crippen molar-refractivity contribution in [1.29, 1.82) is 0 Å². The zero-order valence-corrected chi connectivity index (χ0v) is 11.5. The highest BCUT2D eigenvalue weighted by molar-refractivity contribution is 6.29. The van der Waals surface area contributed by atoms with Crippen LogP contribution in [0.25, 0.3) is 0 Å². The van der Waals surface area contributed by atoms with Crippen molar-refractivity contribution >= 4 is 29.2 Å². The third-order valence-corrected chi connectivity index (χ3v) is 2.94. The van der Waals surface area contributed by atoms with Crippen molar-refractivity contribution in [3.05, 3.63) is 35.5 Å². The van der Waals surface area contributed by atoms with Gasteiger partial charge < -0.3 is 14.8 Å². The number of aliphatic carboxylic acids is 1. The predicted molar refractivity (Wildman–Crippen MR) is 70.9 cm³/mol. The molecule has 0 radical (unpaired) electrons. The first-order chi connectivity index (χ1) is 9.30. The minimum Gasteiger partial charge on any atom is -0.479 e. The third-order valence-electron chi connectivity index (χ3n) is 2.73. The van der Waals surface area contributed by atoms with Crippen LogP contribution in [-0.4, -0.2) is 26.8 Å². The summed E-state index contributed by atoms with van der Waals surface area (Å²) < 4.78 is 6.21. The number of nitrogens with zero attached hydrogens (tertiary/aromatic N) is 2. The Kier molecular flexibility index (Phi) is 3.54. The highest BCUT2D eigenvalue weighted by atomic mass is 35.5. The van der Waals surface area contributed by atoms with E-state index in [1.807, 2.05) is 0 Å². The molecular weight excluding hydrogens is 286 g/mol. The summed E-state index contributed by atoms with van der Waals surface area (Å²) in [5, 5.41) is 15.7. The van der Waals surface area contributed by atoms with E-state index in [0.29, 0.717) is 5.69 Å². The SMILES string of the molecule is CC(C)(C(=O)O)n1cc(NC(=O)c2ccc(Cl)o2)cn1. The van der Waals surface area contributed by atoms with Gasteiger partial charge in [-0.05, 0) is 37.6 Å². The number of nitrogens with one attached hydrogen (secondary N) is 1. The molecule has 0 saturated heterocycles. The maximum Gasteiger partial charge on any atom is 0.331 e. The summed E-state index contributed by atoms with van der Waals surface area (Å²) in [5.74, 6) is -1.47. The molecule has 106 valence electrons. The molecular formula is C12H12ClN3O4. The van der Waals surface area contributed by atoms with Gasteiger partial charge in [0.05, 0.1) is 11.9 Å². The first-order valence-electron chi connectivity index (χ1n) is 5.66. The maximum atomic E-state index is 11.8. The molecule has 2 aromatic rings. The van der Waals surface area contributed by atoms with Crippen molar-refractivity contribution < 1.29 is 19.1 Å². The van der Waals surface area contributed by atoms with Gasteiger partial charge in [-0.1, -0.05) is 0 Å². The van der Waals surface area contributed by atoms with Crippen LogP contribution in [0.15, 0.2) is 28.9 Å². The summed E-state index contributed by atoms with van der Waals surface area (Å²) in [6.45, 7) is 3.00. The van der Waals surface area contributed by atoms with E-state index in [9.17, 15) is 9.59 Å². The zero-order valence-electron chi connectivity index (χ0n) is 10.8. The van der Waals surface area contributed by atoms with Gasteiger partial charge in [0.1, 0.15) is 0 Å². The average molecular weight is 298 g/mol. The minimum atomic E-state index is -1.21. The van der Waals surface area contributed by atoms with E-state index >= 15 is 0 Å². The van der Waals surface area contributed by atoms with E-state index in [-0.39, 0.29) is 11.0 Å². The summed E-state index contributed by atoms with van der Waals surface area (Å²) in [6, 6.07) is 2.89. The van der Waals surface area contributed by atoms with E-state index in [2.05, 4.69) is 10.4 Å². The number of halogens is 1.